The molecule has 1 N–H and O–H groups in total. The highest BCUT2D eigenvalue weighted by Gasteiger charge is 2.38. The fourth-order valence-corrected chi connectivity index (χ4v) is 4.17. The Hall–Kier alpha value is -4.26. The van der Waals surface area contributed by atoms with Crippen LogP contribution in [0.2, 0.25) is 0 Å². The fraction of sp³-hybridized carbons (Fsp3) is 0.154. The van der Waals surface area contributed by atoms with Gasteiger partial charge >= 0.3 is 5.97 Å². The minimum Gasteiger partial charge on any atom is -0.504 e. The molecule has 0 unspecified atom stereocenters. The second-order valence-corrected chi connectivity index (χ2v) is 7.73. The van der Waals surface area contributed by atoms with Crippen molar-refractivity contribution in [3.8, 4) is 28.7 Å². The highest BCUT2D eigenvalue weighted by atomic mass is 16.5. The third-order valence-corrected chi connectivity index (χ3v) is 5.80. The number of carbonyl (C=O) groups excluding carboxylic acids is 2. The topological polar surface area (TPSA) is 91.3 Å². The summed E-state index contributed by atoms with van der Waals surface area (Å²) in [6.07, 6.45) is 1.71. The number of Topliss-reactive ketones (excluding diaryl/α,β-unsaturated/α-hetero) is 1. The predicted octanol–water partition coefficient (Wildman–Crippen LogP) is 4.47. The number of fused-ring (bicyclic) bond motifs is 3. The second-order valence-electron chi connectivity index (χ2n) is 7.73. The van der Waals surface area contributed by atoms with Crippen molar-refractivity contribution in [3.63, 3.8) is 0 Å². The van der Waals surface area contributed by atoms with Crippen LogP contribution in [0.5, 0.6) is 28.7 Å². The van der Waals surface area contributed by atoms with Crippen LogP contribution in [0.3, 0.4) is 0 Å². The van der Waals surface area contributed by atoms with Gasteiger partial charge in [0.1, 0.15) is 17.2 Å². The molecule has 3 aromatic rings. The van der Waals surface area contributed by atoms with E-state index in [4.69, 9.17) is 18.9 Å². The van der Waals surface area contributed by atoms with Crippen molar-refractivity contribution in [2.45, 2.75) is 12.3 Å². The number of carbonyl (C=O) groups is 2. The summed E-state index contributed by atoms with van der Waals surface area (Å²) in [5, 5.41) is 10.3. The average Bonchev–Trinajstić information content (AvgIpc) is 3.14. The lowest BCUT2D eigenvalue weighted by atomic mass is 9.84. The Balaban J connectivity index is 1.57. The second kappa shape index (κ2) is 8.02. The van der Waals surface area contributed by atoms with E-state index < -0.39 is 11.9 Å². The maximum atomic E-state index is 13.1. The van der Waals surface area contributed by atoms with Crippen molar-refractivity contribution >= 4 is 17.8 Å². The number of rotatable bonds is 4. The maximum absolute atomic E-state index is 13.1. The molecule has 0 amide bonds. The number of benzene rings is 3. The molecule has 2 heterocycles. The number of hydrogen-bond acceptors (Lipinski definition) is 7. The molecule has 33 heavy (non-hydrogen) atoms. The van der Waals surface area contributed by atoms with Crippen molar-refractivity contribution in [1.82, 2.24) is 0 Å². The van der Waals surface area contributed by atoms with E-state index >= 15 is 0 Å². The predicted molar refractivity (Wildman–Crippen MR) is 119 cm³/mol. The van der Waals surface area contributed by atoms with Crippen LogP contribution in [-0.4, -0.2) is 31.1 Å². The minimum absolute atomic E-state index is 0.0415. The molecule has 166 valence electrons. The number of esters is 1. The quantitative estimate of drug-likeness (QED) is 0.361. The Labute approximate surface area is 189 Å². The van der Waals surface area contributed by atoms with Crippen molar-refractivity contribution < 1.29 is 33.6 Å². The van der Waals surface area contributed by atoms with Gasteiger partial charge in [-0.1, -0.05) is 18.2 Å². The lowest BCUT2D eigenvalue weighted by Crippen LogP contribution is -2.21. The zero-order valence-electron chi connectivity index (χ0n) is 18.0. The number of phenolic OH excluding ortho intramolecular Hbond substituents is 1. The molecule has 0 fully saturated rings. The molecule has 0 spiro atoms. The van der Waals surface area contributed by atoms with Gasteiger partial charge in [-0.2, -0.15) is 0 Å². The molecule has 0 saturated heterocycles. The number of allylic oxidation sites excluding steroid dienone is 1. The highest BCUT2D eigenvalue weighted by Crippen LogP contribution is 2.49. The van der Waals surface area contributed by atoms with Crippen LogP contribution in [0.1, 0.15) is 39.4 Å². The van der Waals surface area contributed by atoms with E-state index in [1.54, 1.807) is 55.7 Å². The third kappa shape index (κ3) is 3.57. The molecule has 0 aromatic heterocycles. The monoisotopic (exact) mass is 444 g/mol. The summed E-state index contributed by atoms with van der Waals surface area (Å²) in [4.78, 5) is 25.4. The number of methoxy groups -OCH3 is 2. The van der Waals surface area contributed by atoms with Crippen molar-refractivity contribution in [1.29, 1.82) is 0 Å². The normalized spacial score (nSPS) is 17.8. The van der Waals surface area contributed by atoms with Crippen LogP contribution in [0.25, 0.3) is 6.08 Å². The number of phenols is 1. The van der Waals surface area contributed by atoms with E-state index in [2.05, 4.69) is 0 Å². The Morgan fingerprint density at radius 3 is 2.45 bits per heavy atom. The SMILES string of the molecule is COc1ccc(/C=C2\Oc3c(ccc4c3[C@H](c3ccc(OC)c(O)c3)CC(=O)O4)C2=O)cc1. The van der Waals surface area contributed by atoms with Gasteiger partial charge in [-0.3, -0.25) is 9.59 Å². The van der Waals surface area contributed by atoms with Crippen molar-refractivity contribution in [3.05, 3.63) is 82.6 Å². The van der Waals surface area contributed by atoms with Gasteiger partial charge in [-0.05, 0) is 53.6 Å². The van der Waals surface area contributed by atoms with E-state index in [0.29, 0.717) is 39.7 Å². The summed E-state index contributed by atoms with van der Waals surface area (Å²) in [5.74, 6) is 0.761. The first-order valence-corrected chi connectivity index (χ1v) is 10.3. The Morgan fingerprint density at radius 1 is 0.970 bits per heavy atom. The minimum atomic E-state index is -0.457. The Bertz CT molecular complexity index is 1300. The van der Waals surface area contributed by atoms with E-state index in [-0.39, 0.29) is 23.7 Å². The van der Waals surface area contributed by atoms with Crippen LogP contribution < -0.4 is 18.9 Å². The molecule has 0 saturated carbocycles. The first-order chi connectivity index (χ1) is 16.0. The highest BCUT2D eigenvalue weighted by molar-refractivity contribution is 6.15. The van der Waals surface area contributed by atoms with Gasteiger partial charge in [0.15, 0.2) is 17.3 Å². The van der Waals surface area contributed by atoms with Gasteiger partial charge in [0.25, 0.3) is 0 Å². The number of ether oxygens (including phenoxy) is 4. The fourth-order valence-electron chi connectivity index (χ4n) is 4.17. The molecule has 2 aliphatic rings. The summed E-state index contributed by atoms with van der Waals surface area (Å²) in [5.41, 5.74) is 2.46. The zero-order chi connectivity index (χ0) is 23.1. The summed E-state index contributed by atoms with van der Waals surface area (Å²) in [6.45, 7) is 0. The Kier molecular flexibility index (Phi) is 5.01. The molecule has 7 heteroatoms. The first-order valence-electron chi connectivity index (χ1n) is 10.3. The van der Waals surface area contributed by atoms with Crippen LogP contribution in [0.4, 0.5) is 0 Å². The van der Waals surface area contributed by atoms with Crippen LogP contribution in [-0.2, 0) is 4.79 Å². The molecule has 2 aliphatic heterocycles. The number of aromatic hydroxyl groups is 1. The standard InChI is InChI=1S/C26H20O7/c1-30-16-6-3-14(4-7-16)11-22-25(29)17-8-10-21-24(26(17)33-22)18(13-23(28)32-21)15-5-9-20(31-2)19(27)12-15/h3-12,18,27H,13H2,1-2H3/b22-11-/t18-/m0/s1. The maximum Gasteiger partial charge on any atom is 0.312 e. The van der Waals surface area contributed by atoms with Gasteiger partial charge in [0, 0.05) is 11.5 Å². The van der Waals surface area contributed by atoms with Gasteiger partial charge in [0.2, 0.25) is 5.78 Å². The van der Waals surface area contributed by atoms with Crippen LogP contribution in [0, 0.1) is 0 Å². The van der Waals surface area contributed by atoms with Gasteiger partial charge in [-0.25, -0.2) is 0 Å². The molecule has 1 atom stereocenters. The lowest BCUT2D eigenvalue weighted by Gasteiger charge is -2.26. The summed E-state index contributed by atoms with van der Waals surface area (Å²) >= 11 is 0. The summed E-state index contributed by atoms with van der Waals surface area (Å²) < 4.78 is 21.8. The largest absolute Gasteiger partial charge is 0.504 e. The van der Waals surface area contributed by atoms with E-state index in [0.717, 1.165) is 5.56 Å². The summed E-state index contributed by atoms with van der Waals surface area (Å²) in [7, 11) is 3.05. The van der Waals surface area contributed by atoms with E-state index in [9.17, 15) is 14.7 Å². The zero-order valence-corrected chi connectivity index (χ0v) is 18.0. The van der Waals surface area contributed by atoms with Crippen molar-refractivity contribution in [2.75, 3.05) is 14.2 Å². The number of ketones is 1. The molecule has 7 nitrogen and oxygen atoms in total. The molecular weight excluding hydrogens is 424 g/mol. The lowest BCUT2D eigenvalue weighted by molar-refractivity contribution is -0.135. The van der Waals surface area contributed by atoms with E-state index in [1.807, 2.05) is 12.1 Å². The molecular formula is C26H20O7. The first kappa shape index (κ1) is 20.6. The molecule has 5 rings (SSSR count). The van der Waals surface area contributed by atoms with Gasteiger partial charge in [-0.15, -0.1) is 0 Å². The average molecular weight is 444 g/mol. The Morgan fingerprint density at radius 2 is 1.76 bits per heavy atom. The van der Waals surface area contributed by atoms with E-state index in [1.165, 1.54) is 7.11 Å². The van der Waals surface area contributed by atoms with Crippen LogP contribution in [0.15, 0.2) is 60.4 Å². The van der Waals surface area contributed by atoms with Crippen molar-refractivity contribution in [2.24, 2.45) is 0 Å². The van der Waals surface area contributed by atoms with Gasteiger partial charge in [0.05, 0.1) is 26.2 Å². The molecule has 0 bridgehead atoms. The number of hydrogen-bond donors (Lipinski definition) is 1. The molecule has 3 aromatic carbocycles. The van der Waals surface area contributed by atoms with Crippen LogP contribution >= 0.6 is 0 Å². The van der Waals surface area contributed by atoms with Gasteiger partial charge < -0.3 is 24.1 Å². The molecule has 0 radical (unpaired) electrons. The third-order valence-electron chi connectivity index (χ3n) is 5.80. The smallest absolute Gasteiger partial charge is 0.312 e. The molecule has 0 aliphatic carbocycles. The summed E-state index contributed by atoms with van der Waals surface area (Å²) in [6, 6.07) is 15.4.